The van der Waals surface area contributed by atoms with Gasteiger partial charge in [-0.2, -0.15) is 0 Å². The van der Waals surface area contributed by atoms with Crippen LogP contribution in [0.4, 0.5) is 0 Å². The molecule has 27 heavy (non-hydrogen) atoms. The summed E-state index contributed by atoms with van der Waals surface area (Å²) in [5, 5.41) is 0.689. The monoisotopic (exact) mass is 385 g/mol. The Kier molecular flexibility index (Phi) is 5.79. The Morgan fingerprint density at radius 3 is 2.44 bits per heavy atom. The average Bonchev–Trinajstić information content (AvgIpc) is 3.27. The number of carbonyl (C=O) groups excluding carboxylic acids is 3. The number of pyridine rings is 1. The number of Topliss-reactive ketones (excluding diaryl/α,β-unsaturated/α-hetero) is 2. The second-order valence-electron chi connectivity index (χ2n) is 6.78. The number of hydrogen-bond donors (Lipinski definition) is 1. The van der Waals surface area contributed by atoms with Gasteiger partial charge in [0.25, 0.3) is 5.91 Å². The van der Waals surface area contributed by atoms with Crippen LogP contribution in [0.25, 0.3) is 0 Å². The van der Waals surface area contributed by atoms with Gasteiger partial charge in [-0.25, -0.2) is 4.98 Å². The van der Waals surface area contributed by atoms with E-state index in [0.29, 0.717) is 27.4 Å². The molecule has 0 aliphatic carbocycles. The highest BCUT2D eigenvalue weighted by Crippen LogP contribution is 2.23. The van der Waals surface area contributed by atoms with Gasteiger partial charge in [-0.15, -0.1) is 0 Å². The molecule has 7 heteroatoms. The van der Waals surface area contributed by atoms with Crippen LogP contribution in [-0.2, 0) is 0 Å². The van der Waals surface area contributed by atoms with E-state index in [1.807, 2.05) is 4.90 Å². The molecule has 2 aromatic rings. The van der Waals surface area contributed by atoms with Crippen LogP contribution in [0.2, 0.25) is 0 Å². The molecule has 1 N–H and O–H groups in total. The van der Waals surface area contributed by atoms with Gasteiger partial charge in [0.15, 0.2) is 11.6 Å². The summed E-state index contributed by atoms with van der Waals surface area (Å²) < 4.78 is 0. The second kappa shape index (κ2) is 8.08. The maximum absolute atomic E-state index is 12.5. The van der Waals surface area contributed by atoms with Crippen molar-refractivity contribution >= 4 is 29.2 Å². The summed E-state index contributed by atoms with van der Waals surface area (Å²) in [6, 6.07) is 3.54. The molecule has 3 rings (SSSR count). The van der Waals surface area contributed by atoms with Crippen LogP contribution in [0.3, 0.4) is 0 Å². The van der Waals surface area contributed by atoms with Crippen molar-refractivity contribution in [1.29, 1.82) is 0 Å². The molecule has 1 aliphatic heterocycles. The lowest BCUT2D eigenvalue weighted by molar-refractivity contribution is 0.0791. The lowest BCUT2D eigenvalue weighted by Gasteiger charge is -2.14. The van der Waals surface area contributed by atoms with Gasteiger partial charge < -0.3 is 9.88 Å². The van der Waals surface area contributed by atoms with E-state index >= 15 is 0 Å². The van der Waals surface area contributed by atoms with Crippen LogP contribution in [0, 0.1) is 13.8 Å². The number of carbonyl (C=O) groups is 3. The Morgan fingerprint density at radius 2 is 1.89 bits per heavy atom. The number of aryl methyl sites for hydroxylation is 1. The van der Waals surface area contributed by atoms with Gasteiger partial charge in [0.2, 0.25) is 0 Å². The van der Waals surface area contributed by atoms with Crippen LogP contribution in [0.5, 0.6) is 0 Å². The number of nitrogens with one attached hydrogen (secondary N) is 1. The predicted octanol–water partition coefficient (Wildman–Crippen LogP) is 3.44. The number of H-pyrrole nitrogens is 1. The fourth-order valence-electron chi connectivity index (χ4n) is 3.46. The number of hydrogen-bond acceptors (Lipinski definition) is 5. The lowest BCUT2D eigenvalue weighted by Crippen LogP contribution is -2.27. The van der Waals surface area contributed by atoms with Crippen LogP contribution < -0.4 is 0 Å². The summed E-state index contributed by atoms with van der Waals surface area (Å²) in [5.74, 6) is 0.103. The number of thioether (sulfide) groups is 1. The molecule has 142 valence electrons. The third-order valence-corrected chi connectivity index (χ3v) is 5.74. The van der Waals surface area contributed by atoms with E-state index in [0.717, 1.165) is 31.6 Å². The van der Waals surface area contributed by atoms with Gasteiger partial charge in [-0.3, -0.25) is 14.4 Å². The standard InChI is InChI=1S/C20H23N3O3S/c1-12-18(14(3)24)13(2)22-19(12)16(25)11-27-17-7-6-15(10-21-17)20(26)23-8-4-5-9-23/h6-7,10,22H,4-5,8-9,11H2,1-3H3. The highest BCUT2D eigenvalue weighted by molar-refractivity contribution is 7.99. The molecule has 1 amide bonds. The number of nitrogens with zero attached hydrogens (tertiary/aromatic N) is 2. The van der Waals surface area contributed by atoms with Crippen molar-refractivity contribution in [3.63, 3.8) is 0 Å². The van der Waals surface area contributed by atoms with E-state index in [2.05, 4.69) is 9.97 Å². The Labute approximate surface area is 162 Å². The number of aromatic nitrogens is 2. The number of likely N-dealkylation sites (tertiary alicyclic amines) is 1. The van der Waals surface area contributed by atoms with Crippen molar-refractivity contribution in [2.24, 2.45) is 0 Å². The quantitative estimate of drug-likeness (QED) is 0.608. The first-order valence-electron chi connectivity index (χ1n) is 9.00. The molecule has 0 spiro atoms. The maximum Gasteiger partial charge on any atom is 0.255 e. The summed E-state index contributed by atoms with van der Waals surface area (Å²) in [6.07, 6.45) is 3.68. The van der Waals surface area contributed by atoms with Gasteiger partial charge in [0.1, 0.15) is 0 Å². The van der Waals surface area contributed by atoms with Crippen molar-refractivity contribution in [3.8, 4) is 0 Å². The minimum atomic E-state index is -0.0767. The molecular formula is C20H23N3O3S. The lowest BCUT2D eigenvalue weighted by atomic mass is 10.1. The van der Waals surface area contributed by atoms with E-state index < -0.39 is 0 Å². The Bertz CT molecular complexity index is 881. The van der Waals surface area contributed by atoms with Crippen molar-refractivity contribution in [1.82, 2.24) is 14.9 Å². The molecule has 0 saturated carbocycles. The Hall–Kier alpha value is -2.41. The molecule has 1 aliphatic rings. The summed E-state index contributed by atoms with van der Waals surface area (Å²) in [6.45, 7) is 6.70. The minimum Gasteiger partial charge on any atom is -0.355 e. The van der Waals surface area contributed by atoms with Crippen LogP contribution >= 0.6 is 11.8 Å². The molecule has 6 nitrogen and oxygen atoms in total. The smallest absolute Gasteiger partial charge is 0.255 e. The molecule has 0 aromatic carbocycles. The topological polar surface area (TPSA) is 83.1 Å². The van der Waals surface area contributed by atoms with E-state index in [-0.39, 0.29) is 23.2 Å². The maximum atomic E-state index is 12.5. The van der Waals surface area contributed by atoms with Crippen molar-refractivity contribution in [3.05, 3.63) is 46.4 Å². The summed E-state index contributed by atoms with van der Waals surface area (Å²) in [7, 11) is 0. The Morgan fingerprint density at radius 1 is 1.19 bits per heavy atom. The van der Waals surface area contributed by atoms with Crippen molar-refractivity contribution in [2.75, 3.05) is 18.8 Å². The molecule has 1 saturated heterocycles. The summed E-state index contributed by atoms with van der Waals surface area (Å²) in [5.41, 5.74) is 3.06. The van der Waals surface area contributed by atoms with Crippen LogP contribution in [0.15, 0.2) is 23.4 Å². The van der Waals surface area contributed by atoms with E-state index in [1.165, 1.54) is 18.7 Å². The minimum absolute atomic E-state index is 0.0156. The third-order valence-electron chi connectivity index (χ3n) is 4.80. The number of rotatable bonds is 6. The zero-order chi connectivity index (χ0) is 19.6. The van der Waals surface area contributed by atoms with Gasteiger partial charge in [-0.1, -0.05) is 11.8 Å². The highest BCUT2D eigenvalue weighted by atomic mass is 32.2. The molecule has 0 bridgehead atoms. The normalized spacial score (nSPS) is 13.8. The molecule has 3 heterocycles. The summed E-state index contributed by atoms with van der Waals surface area (Å²) in [4.78, 5) is 45.7. The van der Waals surface area contributed by atoms with E-state index in [9.17, 15) is 14.4 Å². The van der Waals surface area contributed by atoms with Gasteiger partial charge in [0.05, 0.1) is 22.0 Å². The van der Waals surface area contributed by atoms with Crippen LogP contribution in [-0.4, -0.2) is 51.2 Å². The fourth-order valence-corrected chi connectivity index (χ4v) is 4.18. The third kappa shape index (κ3) is 4.13. The first-order chi connectivity index (χ1) is 12.9. The van der Waals surface area contributed by atoms with Gasteiger partial charge in [-0.05, 0) is 51.3 Å². The zero-order valence-corrected chi connectivity index (χ0v) is 16.6. The number of ketones is 2. The molecule has 2 aromatic heterocycles. The number of amides is 1. The fraction of sp³-hybridized carbons (Fsp3) is 0.400. The number of aromatic amines is 1. The van der Waals surface area contributed by atoms with Crippen LogP contribution in [0.1, 0.15) is 62.2 Å². The first-order valence-corrected chi connectivity index (χ1v) is 9.98. The van der Waals surface area contributed by atoms with Crippen molar-refractivity contribution < 1.29 is 14.4 Å². The van der Waals surface area contributed by atoms with E-state index in [1.54, 1.807) is 32.2 Å². The molecule has 1 fully saturated rings. The SMILES string of the molecule is CC(=O)c1c(C)[nH]c(C(=O)CSc2ccc(C(=O)N3CCCC3)cn2)c1C. The van der Waals surface area contributed by atoms with E-state index in [4.69, 9.17) is 0 Å². The molecule has 0 unspecified atom stereocenters. The Balaban J connectivity index is 1.63. The van der Waals surface area contributed by atoms with Gasteiger partial charge >= 0.3 is 0 Å². The predicted molar refractivity (Wildman–Crippen MR) is 105 cm³/mol. The highest BCUT2D eigenvalue weighted by Gasteiger charge is 2.21. The first kappa shape index (κ1) is 19.4. The van der Waals surface area contributed by atoms with Gasteiger partial charge in [0, 0.05) is 30.5 Å². The van der Waals surface area contributed by atoms with Crippen molar-refractivity contribution in [2.45, 2.75) is 38.6 Å². The summed E-state index contributed by atoms with van der Waals surface area (Å²) >= 11 is 1.32. The average molecular weight is 385 g/mol. The molecule has 0 atom stereocenters. The molecular weight excluding hydrogens is 362 g/mol. The molecule has 0 radical (unpaired) electrons. The second-order valence-corrected chi connectivity index (χ2v) is 7.77. The zero-order valence-electron chi connectivity index (χ0n) is 15.8. The largest absolute Gasteiger partial charge is 0.355 e.